The standard InChI is InChI=1S/C11H13ClN2/c12-11-8-13-6-5-9(11)7-14-10-3-1-2-4-10/h1-2,5-6,8,10,14H,3-4,7H2. The van der Waals surface area contributed by atoms with E-state index in [-0.39, 0.29) is 0 Å². The molecular formula is C11H13ClN2. The zero-order chi connectivity index (χ0) is 9.80. The Balaban J connectivity index is 1.88. The van der Waals surface area contributed by atoms with E-state index in [1.807, 2.05) is 6.07 Å². The summed E-state index contributed by atoms with van der Waals surface area (Å²) in [5.74, 6) is 0. The number of nitrogens with one attached hydrogen (secondary N) is 1. The summed E-state index contributed by atoms with van der Waals surface area (Å²) in [6.45, 7) is 0.827. The monoisotopic (exact) mass is 208 g/mol. The Bertz CT molecular complexity index is 328. The summed E-state index contributed by atoms with van der Waals surface area (Å²) in [7, 11) is 0. The van der Waals surface area contributed by atoms with Crippen molar-refractivity contribution in [1.29, 1.82) is 0 Å². The molecule has 0 aromatic carbocycles. The fourth-order valence-corrected chi connectivity index (χ4v) is 1.77. The maximum atomic E-state index is 5.99. The first kappa shape index (κ1) is 9.69. The van der Waals surface area contributed by atoms with E-state index in [4.69, 9.17) is 11.6 Å². The van der Waals surface area contributed by atoms with Crippen LogP contribution in [0.5, 0.6) is 0 Å². The van der Waals surface area contributed by atoms with Gasteiger partial charge in [0, 0.05) is 25.0 Å². The highest BCUT2D eigenvalue weighted by Crippen LogP contribution is 2.15. The minimum atomic E-state index is 0.583. The first-order valence-electron chi connectivity index (χ1n) is 4.83. The maximum Gasteiger partial charge on any atom is 0.0634 e. The van der Waals surface area contributed by atoms with Crippen molar-refractivity contribution in [2.75, 3.05) is 0 Å². The summed E-state index contributed by atoms with van der Waals surface area (Å²) in [5, 5.41) is 4.21. The van der Waals surface area contributed by atoms with Crippen molar-refractivity contribution < 1.29 is 0 Å². The Kier molecular flexibility index (Phi) is 3.17. The second kappa shape index (κ2) is 4.58. The second-order valence-electron chi connectivity index (χ2n) is 3.49. The molecule has 0 saturated carbocycles. The van der Waals surface area contributed by atoms with Gasteiger partial charge in [0.15, 0.2) is 0 Å². The summed E-state index contributed by atoms with van der Waals surface area (Å²) in [5.41, 5.74) is 1.12. The van der Waals surface area contributed by atoms with Gasteiger partial charge in [0.25, 0.3) is 0 Å². The molecule has 0 radical (unpaired) electrons. The van der Waals surface area contributed by atoms with E-state index < -0.39 is 0 Å². The lowest BCUT2D eigenvalue weighted by atomic mass is 10.2. The van der Waals surface area contributed by atoms with Crippen molar-refractivity contribution in [2.45, 2.75) is 25.4 Å². The van der Waals surface area contributed by atoms with Crippen LogP contribution in [0.3, 0.4) is 0 Å². The number of rotatable bonds is 3. The van der Waals surface area contributed by atoms with Crippen LogP contribution < -0.4 is 5.32 Å². The molecule has 1 heterocycles. The summed E-state index contributed by atoms with van der Waals surface area (Å²) < 4.78 is 0. The first-order valence-corrected chi connectivity index (χ1v) is 5.21. The Morgan fingerprint density at radius 3 is 2.93 bits per heavy atom. The number of halogens is 1. The van der Waals surface area contributed by atoms with Gasteiger partial charge in [-0.05, 0) is 24.5 Å². The normalized spacial score (nSPS) is 16.4. The fraction of sp³-hybridized carbons (Fsp3) is 0.364. The van der Waals surface area contributed by atoms with Crippen LogP contribution in [0.25, 0.3) is 0 Å². The minimum absolute atomic E-state index is 0.583. The van der Waals surface area contributed by atoms with Crippen molar-refractivity contribution in [2.24, 2.45) is 0 Å². The van der Waals surface area contributed by atoms with Crippen LogP contribution in [0.1, 0.15) is 18.4 Å². The van der Waals surface area contributed by atoms with Crippen LogP contribution >= 0.6 is 11.6 Å². The molecule has 0 spiro atoms. The van der Waals surface area contributed by atoms with E-state index in [1.54, 1.807) is 12.4 Å². The lowest BCUT2D eigenvalue weighted by Crippen LogP contribution is -2.25. The molecule has 1 aromatic heterocycles. The van der Waals surface area contributed by atoms with Crippen molar-refractivity contribution in [3.8, 4) is 0 Å². The van der Waals surface area contributed by atoms with Gasteiger partial charge in [-0.3, -0.25) is 4.98 Å². The maximum absolute atomic E-state index is 5.99. The van der Waals surface area contributed by atoms with Crippen molar-refractivity contribution in [3.05, 3.63) is 41.2 Å². The molecule has 0 fully saturated rings. The van der Waals surface area contributed by atoms with Crippen LogP contribution in [0.15, 0.2) is 30.6 Å². The molecular weight excluding hydrogens is 196 g/mol. The molecule has 1 aliphatic carbocycles. The van der Waals surface area contributed by atoms with Gasteiger partial charge < -0.3 is 5.32 Å². The third-order valence-corrected chi connectivity index (χ3v) is 2.79. The molecule has 0 saturated heterocycles. The summed E-state index contributed by atoms with van der Waals surface area (Å²) in [4.78, 5) is 3.95. The SMILES string of the molecule is Clc1cnccc1CNC1CC=CC1. The average Bonchev–Trinajstić information content (AvgIpc) is 2.69. The zero-order valence-corrected chi connectivity index (χ0v) is 8.67. The lowest BCUT2D eigenvalue weighted by molar-refractivity contribution is 0.538. The van der Waals surface area contributed by atoms with E-state index in [9.17, 15) is 0 Å². The van der Waals surface area contributed by atoms with Crippen LogP contribution in [0.4, 0.5) is 0 Å². The van der Waals surface area contributed by atoms with E-state index >= 15 is 0 Å². The van der Waals surface area contributed by atoms with Gasteiger partial charge in [0.05, 0.1) is 5.02 Å². The molecule has 1 N–H and O–H groups in total. The van der Waals surface area contributed by atoms with Crippen LogP contribution in [0.2, 0.25) is 5.02 Å². The molecule has 0 unspecified atom stereocenters. The molecule has 0 bridgehead atoms. The number of hydrogen-bond acceptors (Lipinski definition) is 2. The molecule has 0 atom stereocenters. The molecule has 14 heavy (non-hydrogen) atoms. The zero-order valence-electron chi connectivity index (χ0n) is 7.91. The second-order valence-corrected chi connectivity index (χ2v) is 3.89. The highest BCUT2D eigenvalue weighted by atomic mass is 35.5. The Morgan fingerprint density at radius 1 is 1.43 bits per heavy atom. The number of pyridine rings is 1. The molecule has 3 heteroatoms. The lowest BCUT2D eigenvalue weighted by Gasteiger charge is -2.12. The minimum Gasteiger partial charge on any atom is -0.309 e. The van der Waals surface area contributed by atoms with Crippen molar-refractivity contribution in [3.63, 3.8) is 0 Å². The van der Waals surface area contributed by atoms with E-state index in [0.717, 1.165) is 30.0 Å². The van der Waals surface area contributed by atoms with E-state index in [1.165, 1.54) is 0 Å². The Morgan fingerprint density at radius 2 is 2.21 bits per heavy atom. The van der Waals surface area contributed by atoms with Crippen molar-refractivity contribution in [1.82, 2.24) is 10.3 Å². The molecule has 74 valence electrons. The molecule has 1 aromatic rings. The summed E-state index contributed by atoms with van der Waals surface area (Å²) in [6.07, 6.45) is 10.1. The van der Waals surface area contributed by atoms with Gasteiger partial charge in [-0.25, -0.2) is 0 Å². The third kappa shape index (κ3) is 2.34. The summed E-state index contributed by atoms with van der Waals surface area (Å²) >= 11 is 5.99. The van der Waals surface area contributed by atoms with E-state index in [0.29, 0.717) is 6.04 Å². The predicted molar refractivity (Wildman–Crippen MR) is 58.2 cm³/mol. The quantitative estimate of drug-likeness (QED) is 0.773. The summed E-state index contributed by atoms with van der Waals surface area (Å²) in [6, 6.07) is 2.54. The number of aromatic nitrogens is 1. The third-order valence-electron chi connectivity index (χ3n) is 2.45. The highest BCUT2D eigenvalue weighted by molar-refractivity contribution is 6.31. The number of nitrogens with zero attached hydrogens (tertiary/aromatic N) is 1. The van der Waals surface area contributed by atoms with Crippen LogP contribution in [-0.4, -0.2) is 11.0 Å². The molecule has 0 aliphatic heterocycles. The molecule has 1 aliphatic rings. The van der Waals surface area contributed by atoms with Crippen LogP contribution in [-0.2, 0) is 6.54 Å². The molecule has 2 rings (SSSR count). The highest BCUT2D eigenvalue weighted by Gasteiger charge is 2.09. The van der Waals surface area contributed by atoms with Gasteiger partial charge >= 0.3 is 0 Å². The Hall–Kier alpha value is -0.860. The van der Waals surface area contributed by atoms with Crippen molar-refractivity contribution >= 4 is 11.6 Å². The van der Waals surface area contributed by atoms with Gasteiger partial charge in [-0.15, -0.1) is 0 Å². The molecule has 0 amide bonds. The first-order chi connectivity index (χ1) is 6.86. The van der Waals surface area contributed by atoms with Gasteiger partial charge in [0.2, 0.25) is 0 Å². The van der Waals surface area contributed by atoms with Crippen LogP contribution in [0, 0.1) is 0 Å². The largest absolute Gasteiger partial charge is 0.309 e. The van der Waals surface area contributed by atoms with Gasteiger partial charge in [-0.1, -0.05) is 23.8 Å². The number of hydrogen-bond donors (Lipinski definition) is 1. The van der Waals surface area contributed by atoms with Gasteiger partial charge in [-0.2, -0.15) is 0 Å². The smallest absolute Gasteiger partial charge is 0.0634 e. The average molecular weight is 209 g/mol. The Labute approximate surface area is 89.0 Å². The van der Waals surface area contributed by atoms with Gasteiger partial charge in [0.1, 0.15) is 0 Å². The topological polar surface area (TPSA) is 24.9 Å². The molecule has 2 nitrogen and oxygen atoms in total. The fourth-order valence-electron chi connectivity index (χ4n) is 1.59. The predicted octanol–water partition coefficient (Wildman–Crippen LogP) is 2.54. The van der Waals surface area contributed by atoms with E-state index in [2.05, 4.69) is 22.5 Å².